The maximum absolute atomic E-state index is 12.7. The Morgan fingerprint density at radius 1 is 1.48 bits per heavy atom. The molecular weight excluding hydrogens is 266 g/mol. The summed E-state index contributed by atoms with van der Waals surface area (Å²) >= 11 is 0. The van der Waals surface area contributed by atoms with Crippen molar-refractivity contribution in [3.8, 4) is 0 Å². The van der Waals surface area contributed by atoms with Crippen LogP contribution in [0.25, 0.3) is 0 Å². The van der Waals surface area contributed by atoms with Gasteiger partial charge in [0.05, 0.1) is 16.9 Å². The number of hydrogen-bond donors (Lipinski definition) is 2. The second-order valence-corrected chi connectivity index (χ2v) is 6.04. The summed E-state index contributed by atoms with van der Waals surface area (Å²) in [4.78, 5) is 18.8. The van der Waals surface area contributed by atoms with Crippen LogP contribution in [0.3, 0.4) is 0 Å². The number of carbonyl (C=O) groups excluding carboxylic acids is 1. The summed E-state index contributed by atoms with van der Waals surface area (Å²) < 4.78 is 0. The predicted octanol–water partition coefficient (Wildman–Crippen LogP) is 2.20. The lowest BCUT2D eigenvalue weighted by Gasteiger charge is -2.23. The van der Waals surface area contributed by atoms with Crippen LogP contribution in [0.5, 0.6) is 0 Å². The molecule has 0 aromatic carbocycles. The van der Waals surface area contributed by atoms with Crippen LogP contribution in [0.2, 0.25) is 0 Å². The molecule has 1 atom stereocenters. The number of aromatic nitrogens is 1. The maximum Gasteiger partial charge on any atom is 0.257 e. The monoisotopic (exact) mass is 291 g/mol. The van der Waals surface area contributed by atoms with Crippen LogP contribution in [-0.4, -0.2) is 46.1 Å². The van der Waals surface area contributed by atoms with Crippen LogP contribution in [0.15, 0.2) is 12.3 Å². The summed E-state index contributed by atoms with van der Waals surface area (Å²) in [6.45, 7) is 7.81. The lowest BCUT2D eigenvalue weighted by molar-refractivity contribution is 0.0438. The Hall–Kier alpha value is -1.62. The van der Waals surface area contributed by atoms with Gasteiger partial charge in [-0.15, -0.1) is 0 Å². The minimum Gasteiger partial charge on any atom is -0.390 e. The number of nitrogens with zero attached hydrogens (tertiary/aromatic N) is 2. The summed E-state index contributed by atoms with van der Waals surface area (Å²) in [5.74, 6) is -0.00356. The molecule has 0 radical (unpaired) electrons. The first-order chi connectivity index (χ1) is 9.93. The van der Waals surface area contributed by atoms with Crippen molar-refractivity contribution in [1.29, 1.82) is 0 Å². The van der Waals surface area contributed by atoms with Gasteiger partial charge in [0.1, 0.15) is 0 Å². The number of amides is 1. The van der Waals surface area contributed by atoms with Gasteiger partial charge in [-0.2, -0.15) is 0 Å². The van der Waals surface area contributed by atoms with Gasteiger partial charge >= 0.3 is 0 Å². The Labute approximate surface area is 126 Å². The van der Waals surface area contributed by atoms with Gasteiger partial charge in [-0.05, 0) is 46.1 Å². The average molecular weight is 291 g/mol. The van der Waals surface area contributed by atoms with E-state index in [0.29, 0.717) is 25.1 Å². The van der Waals surface area contributed by atoms with E-state index in [1.165, 1.54) is 0 Å². The van der Waals surface area contributed by atoms with E-state index >= 15 is 0 Å². The number of hydrogen-bond acceptors (Lipinski definition) is 4. The highest BCUT2D eigenvalue weighted by molar-refractivity contribution is 5.99. The third-order valence-corrected chi connectivity index (χ3v) is 3.99. The van der Waals surface area contributed by atoms with E-state index in [1.54, 1.807) is 6.20 Å². The summed E-state index contributed by atoms with van der Waals surface area (Å²) in [5, 5.41) is 13.4. The molecule has 1 fully saturated rings. The zero-order valence-corrected chi connectivity index (χ0v) is 13.1. The number of anilines is 1. The van der Waals surface area contributed by atoms with Gasteiger partial charge in [-0.1, -0.05) is 0 Å². The molecule has 116 valence electrons. The minimum absolute atomic E-state index is 0.00356. The van der Waals surface area contributed by atoms with Gasteiger partial charge < -0.3 is 15.3 Å². The van der Waals surface area contributed by atoms with Crippen molar-refractivity contribution in [2.24, 2.45) is 0 Å². The van der Waals surface area contributed by atoms with E-state index in [1.807, 2.05) is 31.7 Å². The van der Waals surface area contributed by atoms with Gasteiger partial charge in [-0.25, -0.2) is 0 Å². The van der Waals surface area contributed by atoms with Crippen LogP contribution in [-0.2, 0) is 0 Å². The molecule has 1 aromatic heterocycles. The molecule has 2 rings (SSSR count). The van der Waals surface area contributed by atoms with E-state index in [2.05, 4.69) is 10.3 Å². The van der Waals surface area contributed by atoms with Crippen molar-refractivity contribution in [3.05, 3.63) is 23.5 Å². The van der Waals surface area contributed by atoms with E-state index in [9.17, 15) is 9.90 Å². The molecule has 0 spiro atoms. The topological polar surface area (TPSA) is 65.5 Å². The number of carbonyl (C=O) groups is 1. The van der Waals surface area contributed by atoms with Gasteiger partial charge in [0, 0.05) is 31.5 Å². The van der Waals surface area contributed by atoms with E-state index < -0.39 is 5.60 Å². The molecule has 2 heterocycles. The summed E-state index contributed by atoms with van der Waals surface area (Å²) in [5.41, 5.74) is 1.68. The molecule has 0 bridgehead atoms. The summed E-state index contributed by atoms with van der Waals surface area (Å²) in [7, 11) is 0. The normalized spacial score (nSPS) is 22.8. The van der Waals surface area contributed by atoms with Crippen molar-refractivity contribution < 1.29 is 9.90 Å². The smallest absolute Gasteiger partial charge is 0.257 e. The lowest BCUT2D eigenvalue weighted by atomic mass is 9.98. The van der Waals surface area contributed by atoms with Gasteiger partial charge in [-0.3, -0.25) is 9.78 Å². The number of rotatable bonds is 3. The van der Waals surface area contributed by atoms with Crippen molar-refractivity contribution in [2.45, 2.75) is 45.6 Å². The van der Waals surface area contributed by atoms with Gasteiger partial charge in [0.15, 0.2) is 0 Å². The highest BCUT2D eigenvalue weighted by atomic mass is 16.3. The Morgan fingerprint density at radius 3 is 2.95 bits per heavy atom. The lowest BCUT2D eigenvalue weighted by Crippen LogP contribution is -2.34. The Bertz CT molecular complexity index is 514. The first-order valence-corrected chi connectivity index (χ1v) is 7.65. The molecule has 1 aliphatic rings. The molecular formula is C16H25N3O2. The SMILES string of the molecule is CCNc1cc(C)ncc1C(=O)N1CCCC(C)(O)CC1. The van der Waals surface area contributed by atoms with Crippen molar-refractivity contribution in [2.75, 3.05) is 25.0 Å². The van der Waals surface area contributed by atoms with E-state index in [-0.39, 0.29) is 5.91 Å². The standard InChI is InChI=1S/C16H25N3O2/c1-4-17-14-10-12(2)18-11-13(14)15(20)19-8-5-6-16(3,21)7-9-19/h10-11,21H,4-9H2,1-3H3,(H,17,18). The number of pyridine rings is 1. The number of aryl methyl sites for hydroxylation is 1. The predicted molar refractivity (Wildman–Crippen MR) is 83.5 cm³/mol. The van der Waals surface area contributed by atoms with Gasteiger partial charge in [0.2, 0.25) is 0 Å². The Kier molecular flexibility index (Phi) is 4.83. The zero-order chi connectivity index (χ0) is 15.5. The minimum atomic E-state index is -0.662. The maximum atomic E-state index is 12.7. The third-order valence-electron chi connectivity index (χ3n) is 3.99. The molecule has 2 N–H and O–H groups in total. The largest absolute Gasteiger partial charge is 0.390 e. The molecule has 5 heteroatoms. The van der Waals surface area contributed by atoms with Crippen LogP contribution in [0.1, 0.15) is 49.2 Å². The number of likely N-dealkylation sites (tertiary alicyclic amines) is 1. The molecule has 1 unspecified atom stereocenters. The fraction of sp³-hybridized carbons (Fsp3) is 0.625. The fourth-order valence-corrected chi connectivity index (χ4v) is 2.70. The highest BCUT2D eigenvalue weighted by Gasteiger charge is 2.28. The number of aliphatic hydroxyl groups is 1. The summed E-state index contributed by atoms with van der Waals surface area (Å²) in [6, 6.07) is 1.91. The van der Waals surface area contributed by atoms with E-state index in [4.69, 9.17) is 0 Å². The second-order valence-electron chi connectivity index (χ2n) is 6.04. The first kappa shape index (κ1) is 15.8. The van der Waals surface area contributed by atoms with Crippen molar-refractivity contribution >= 4 is 11.6 Å². The zero-order valence-electron chi connectivity index (χ0n) is 13.1. The molecule has 21 heavy (non-hydrogen) atoms. The average Bonchev–Trinajstić information content (AvgIpc) is 2.60. The van der Waals surface area contributed by atoms with E-state index in [0.717, 1.165) is 30.8 Å². The summed E-state index contributed by atoms with van der Waals surface area (Å²) in [6.07, 6.45) is 3.84. The highest BCUT2D eigenvalue weighted by Crippen LogP contribution is 2.24. The molecule has 0 aliphatic carbocycles. The molecule has 5 nitrogen and oxygen atoms in total. The molecule has 1 aromatic rings. The molecule has 1 aliphatic heterocycles. The molecule has 1 saturated heterocycles. The quantitative estimate of drug-likeness (QED) is 0.896. The van der Waals surface area contributed by atoms with Crippen LogP contribution in [0.4, 0.5) is 5.69 Å². The van der Waals surface area contributed by atoms with Crippen molar-refractivity contribution in [1.82, 2.24) is 9.88 Å². The van der Waals surface area contributed by atoms with Crippen LogP contribution in [0, 0.1) is 6.92 Å². The Balaban J connectivity index is 2.19. The van der Waals surface area contributed by atoms with Crippen LogP contribution >= 0.6 is 0 Å². The van der Waals surface area contributed by atoms with Crippen LogP contribution < -0.4 is 5.32 Å². The first-order valence-electron chi connectivity index (χ1n) is 7.65. The molecule has 0 saturated carbocycles. The third kappa shape index (κ3) is 3.94. The number of nitrogens with one attached hydrogen (secondary N) is 1. The van der Waals surface area contributed by atoms with Crippen molar-refractivity contribution in [3.63, 3.8) is 0 Å². The van der Waals surface area contributed by atoms with Gasteiger partial charge in [0.25, 0.3) is 5.91 Å². The Morgan fingerprint density at radius 2 is 2.24 bits per heavy atom. The second kappa shape index (κ2) is 6.43. The fourth-order valence-electron chi connectivity index (χ4n) is 2.70. The molecule has 1 amide bonds.